The Kier molecular flexibility index (Phi) is 5.29. The van der Waals surface area contributed by atoms with Crippen LogP contribution in [-0.4, -0.2) is 35.6 Å². The number of carbonyl (C=O) groups is 1. The Morgan fingerprint density at radius 2 is 1.91 bits per heavy atom. The van der Waals surface area contributed by atoms with Gasteiger partial charge < -0.3 is 15.6 Å². The molecule has 9 nitrogen and oxygen atoms in total. The molecule has 1 amide bonds. The highest BCUT2D eigenvalue weighted by molar-refractivity contribution is 6.10. The minimum absolute atomic E-state index is 0.199. The van der Waals surface area contributed by atoms with Crippen LogP contribution in [-0.2, 0) is 7.05 Å². The van der Waals surface area contributed by atoms with Crippen LogP contribution in [0, 0.1) is 20.8 Å². The van der Waals surface area contributed by atoms with Crippen LogP contribution in [0.1, 0.15) is 27.3 Å². The van der Waals surface area contributed by atoms with E-state index in [2.05, 4.69) is 30.7 Å². The van der Waals surface area contributed by atoms with Crippen molar-refractivity contribution in [3.05, 3.63) is 77.6 Å². The molecule has 0 fully saturated rings. The van der Waals surface area contributed by atoms with Crippen molar-refractivity contribution < 1.29 is 4.79 Å². The fourth-order valence-electron chi connectivity index (χ4n) is 3.96. The van der Waals surface area contributed by atoms with Crippen LogP contribution in [0.5, 0.6) is 0 Å². The van der Waals surface area contributed by atoms with Gasteiger partial charge in [-0.15, -0.1) is 0 Å². The third-order valence-electron chi connectivity index (χ3n) is 5.62. The molecular formula is C25H24N8O. The summed E-state index contributed by atoms with van der Waals surface area (Å²) in [7, 11) is 1.85. The molecule has 0 saturated carbocycles. The van der Waals surface area contributed by atoms with E-state index in [-0.39, 0.29) is 5.91 Å². The molecule has 0 aliphatic carbocycles. The number of anilines is 3. The summed E-state index contributed by atoms with van der Waals surface area (Å²) < 4.78 is 1.71. The number of aromatic nitrogens is 6. The molecular weight excluding hydrogens is 428 g/mol. The molecule has 0 saturated heterocycles. The summed E-state index contributed by atoms with van der Waals surface area (Å²) in [5, 5.41) is 11.3. The summed E-state index contributed by atoms with van der Waals surface area (Å²) in [5.41, 5.74) is 7.10. The van der Waals surface area contributed by atoms with Crippen molar-refractivity contribution in [1.29, 1.82) is 0 Å². The maximum Gasteiger partial charge on any atom is 0.257 e. The van der Waals surface area contributed by atoms with E-state index in [0.717, 1.165) is 39.1 Å². The van der Waals surface area contributed by atoms with Crippen molar-refractivity contribution in [1.82, 2.24) is 29.7 Å². The van der Waals surface area contributed by atoms with E-state index >= 15 is 0 Å². The zero-order valence-corrected chi connectivity index (χ0v) is 19.3. The molecule has 0 aliphatic heterocycles. The molecule has 4 aromatic heterocycles. The number of hydrogen-bond acceptors (Lipinski definition) is 6. The first-order chi connectivity index (χ1) is 16.4. The van der Waals surface area contributed by atoms with E-state index < -0.39 is 0 Å². The zero-order valence-electron chi connectivity index (χ0n) is 19.3. The third-order valence-corrected chi connectivity index (χ3v) is 5.62. The van der Waals surface area contributed by atoms with Gasteiger partial charge in [0.15, 0.2) is 0 Å². The van der Waals surface area contributed by atoms with Gasteiger partial charge in [0, 0.05) is 42.3 Å². The number of aromatic amines is 1. The topological polar surface area (TPSA) is 113 Å². The number of pyridine rings is 1. The fourth-order valence-corrected chi connectivity index (χ4v) is 3.96. The molecule has 4 heterocycles. The van der Waals surface area contributed by atoms with Gasteiger partial charge in [-0.2, -0.15) is 5.10 Å². The van der Waals surface area contributed by atoms with Crippen molar-refractivity contribution in [3.8, 4) is 11.3 Å². The Balaban J connectivity index is 1.49. The Bertz CT molecular complexity index is 1530. The molecule has 0 spiro atoms. The molecule has 0 aliphatic rings. The van der Waals surface area contributed by atoms with Gasteiger partial charge in [0.2, 0.25) is 5.95 Å². The number of nitrogens with one attached hydrogen (secondary N) is 3. The summed E-state index contributed by atoms with van der Waals surface area (Å²) in [5.74, 6) is 0.282. The second-order valence-electron chi connectivity index (χ2n) is 8.22. The average molecular weight is 453 g/mol. The summed E-state index contributed by atoms with van der Waals surface area (Å²) in [6, 6.07) is 9.43. The lowest BCUT2D eigenvalue weighted by Gasteiger charge is -2.10. The number of para-hydroxylation sites is 1. The average Bonchev–Trinajstić information content (AvgIpc) is 3.41. The largest absolute Gasteiger partial charge is 0.359 e. The number of H-pyrrole nitrogens is 1. The molecule has 5 rings (SSSR count). The minimum Gasteiger partial charge on any atom is -0.359 e. The summed E-state index contributed by atoms with van der Waals surface area (Å²) in [4.78, 5) is 29.8. The lowest BCUT2D eigenvalue weighted by Crippen LogP contribution is -2.14. The van der Waals surface area contributed by atoms with E-state index in [9.17, 15) is 4.79 Å². The molecule has 34 heavy (non-hydrogen) atoms. The van der Waals surface area contributed by atoms with Gasteiger partial charge in [-0.05, 0) is 44.5 Å². The molecule has 170 valence electrons. The highest BCUT2D eigenvalue weighted by atomic mass is 16.1. The minimum atomic E-state index is -0.199. The van der Waals surface area contributed by atoms with E-state index in [1.54, 1.807) is 23.1 Å². The van der Waals surface area contributed by atoms with Crippen LogP contribution < -0.4 is 10.6 Å². The molecule has 9 heteroatoms. The second-order valence-corrected chi connectivity index (χ2v) is 8.22. The van der Waals surface area contributed by atoms with Crippen LogP contribution >= 0.6 is 0 Å². The van der Waals surface area contributed by atoms with Crippen LogP contribution in [0.25, 0.3) is 22.2 Å². The maximum absolute atomic E-state index is 12.9. The van der Waals surface area contributed by atoms with Crippen molar-refractivity contribution >= 4 is 34.1 Å². The number of hydrogen-bond donors (Lipinski definition) is 3. The van der Waals surface area contributed by atoms with Crippen molar-refractivity contribution in [2.75, 3.05) is 10.6 Å². The lowest BCUT2D eigenvalue weighted by atomic mass is 10.1. The first-order valence-corrected chi connectivity index (χ1v) is 10.8. The van der Waals surface area contributed by atoms with Gasteiger partial charge in [-0.3, -0.25) is 14.5 Å². The van der Waals surface area contributed by atoms with Crippen LogP contribution in [0.3, 0.4) is 0 Å². The van der Waals surface area contributed by atoms with Crippen LogP contribution in [0.2, 0.25) is 0 Å². The van der Waals surface area contributed by atoms with E-state index in [1.165, 1.54) is 0 Å². The van der Waals surface area contributed by atoms with E-state index in [1.807, 2.05) is 64.5 Å². The Morgan fingerprint density at radius 1 is 1.06 bits per heavy atom. The number of aryl methyl sites for hydroxylation is 4. The zero-order chi connectivity index (χ0) is 23.8. The monoisotopic (exact) mass is 452 g/mol. The molecule has 1 aromatic carbocycles. The van der Waals surface area contributed by atoms with Crippen molar-refractivity contribution in [2.45, 2.75) is 20.8 Å². The SMILES string of the molecule is Cc1ccc(C(=O)Nc2cccc3c(-c4nc(Nc5cnn(C)c5)ncc4C)c[nH]c23)c(C)n1. The number of fused-ring (bicyclic) bond motifs is 1. The molecule has 3 N–H and O–H groups in total. The number of benzene rings is 1. The Hall–Kier alpha value is -4.53. The van der Waals surface area contributed by atoms with E-state index in [0.29, 0.717) is 22.9 Å². The van der Waals surface area contributed by atoms with E-state index in [4.69, 9.17) is 4.98 Å². The summed E-state index contributed by atoms with van der Waals surface area (Å²) in [6.07, 6.45) is 7.27. The van der Waals surface area contributed by atoms with Crippen molar-refractivity contribution in [2.24, 2.45) is 7.05 Å². The number of carbonyl (C=O) groups excluding carboxylic acids is 1. The molecule has 0 unspecified atom stereocenters. The van der Waals surface area contributed by atoms with Gasteiger partial charge in [0.1, 0.15) is 0 Å². The van der Waals surface area contributed by atoms with Gasteiger partial charge in [0.05, 0.1) is 40.0 Å². The molecule has 0 radical (unpaired) electrons. The number of nitrogens with zero attached hydrogens (tertiary/aromatic N) is 5. The maximum atomic E-state index is 12.9. The normalized spacial score (nSPS) is 11.1. The van der Waals surface area contributed by atoms with Crippen LogP contribution in [0.15, 0.2) is 55.1 Å². The first kappa shape index (κ1) is 21.3. The number of rotatable bonds is 5. The Morgan fingerprint density at radius 3 is 2.68 bits per heavy atom. The predicted molar refractivity (Wildman–Crippen MR) is 132 cm³/mol. The predicted octanol–water partition coefficient (Wildman–Crippen LogP) is 4.67. The van der Waals surface area contributed by atoms with Crippen LogP contribution in [0.4, 0.5) is 17.3 Å². The van der Waals surface area contributed by atoms with Crippen molar-refractivity contribution in [3.63, 3.8) is 0 Å². The highest BCUT2D eigenvalue weighted by Crippen LogP contribution is 2.33. The summed E-state index contributed by atoms with van der Waals surface area (Å²) >= 11 is 0. The second kappa shape index (κ2) is 8.43. The van der Waals surface area contributed by atoms with Gasteiger partial charge in [-0.1, -0.05) is 12.1 Å². The quantitative estimate of drug-likeness (QED) is 0.357. The first-order valence-electron chi connectivity index (χ1n) is 10.8. The standard InChI is InChI=1S/C25H24N8O/c1-14-10-27-25(30-17-11-28-33(4)13-17)32-22(14)20-12-26-23-19(20)6-5-7-21(23)31-24(34)18-9-8-15(2)29-16(18)3/h5-13,26H,1-4H3,(H,31,34)(H,27,30,32). The Labute approximate surface area is 196 Å². The fraction of sp³-hybridized carbons (Fsp3) is 0.160. The summed E-state index contributed by atoms with van der Waals surface area (Å²) in [6.45, 7) is 5.72. The molecule has 0 atom stereocenters. The molecule has 0 bridgehead atoms. The lowest BCUT2D eigenvalue weighted by molar-refractivity contribution is 0.102. The molecule has 5 aromatic rings. The number of amides is 1. The van der Waals surface area contributed by atoms with Gasteiger partial charge in [-0.25, -0.2) is 9.97 Å². The smallest absolute Gasteiger partial charge is 0.257 e. The van der Waals surface area contributed by atoms with Gasteiger partial charge in [0.25, 0.3) is 5.91 Å². The third kappa shape index (κ3) is 3.99. The van der Waals surface area contributed by atoms with Gasteiger partial charge >= 0.3 is 0 Å². The highest BCUT2D eigenvalue weighted by Gasteiger charge is 2.16.